The number of thiophene rings is 1. The number of nitrogens with zero attached hydrogens (tertiary/aromatic N) is 1. The minimum Gasteiger partial charge on any atom is -0.550 e. The largest absolute Gasteiger partial charge is 0.550 e. The fourth-order valence-electron chi connectivity index (χ4n) is 2.52. The second-order valence-corrected chi connectivity index (χ2v) is 7.10. The molecule has 0 bridgehead atoms. The Hall–Kier alpha value is -3.45. The number of para-hydroxylation sites is 1. The lowest BCUT2D eigenvalue weighted by molar-refractivity contribution is -0.305. The first-order valence-corrected chi connectivity index (χ1v) is 9.87. The average Bonchev–Trinajstić information content (AvgIpc) is 3.28. The highest BCUT2D eigenvalue weighted by Gasteiger charge is 2.09. The van der Waals surface area contributed by atoms with Crippen LogP contribution in [0.15, 0.2) is 77.2 Å². The van der Waals surface area contributed by atoms with Gasteiger partial charge in [0.2, 0.25) is 0 Å². The van der Waals surface area contributed by atoms with E-state index in [0.717, 1.165) is 16.2 Å². The van der Waals surface area contributed by atoms with E-state index in [1.807, 2.05) is 60.0 Å². The minimum absolute atomic E-state index is 0.164. The Balaban J connectivity index is 1.60. The molecule has 3 aromatic rings. The van der Waals surface area contributed by atoms with Crippen LogP contribution in [0.3, 0.4) is 0 Å². The molecule has 0 saturated carbocycles. The number of hydrogen-bond donors (Lipinski definition) is 1. The Labute approximate surface area is 172 Å². The number of hydrazone groups is 1. The summed E-state index contributed by atoms with van der Waals surface area (Å²) in [5, 5.41) is 16.7. The Morgan fingerprint density at radius 2 is 1.72 bits per heavy atom. The van der Waals surface area contributed by atoms with Crippen molar-refractivity contribution in [2.45, 2.75) is 19.4 Å². The van der Waals surface area contributed by atoms with Crippen molar-refractivity contribution in [3.8, 4) is 5.75 Å². The summed E-state index contributed by atoms with van der Waals surface area (Å²) in [6, 6.07) is 20.2. The van der Waals surface area contributed by atoms with Crippen LogP contribution in [-0.2, 0) is 11.4 Å². The van der Waals surface area contributed by atoms with Gasteiger partial charge >= 0.3 is 0 Å². The van der Waals surface area contributed by atoms with Crippen LogP contribution in [-0.4, -0.2) is 17.6 Å². The van der Waals surface area contributed by atoms with E-state index in [2.05, 4.69) is 10.5 Å². The Kier molecular flexibility index (Phi) is 7.13. The number of nitrogens with one attached hydrogen (secondary N) is 1. The fraction of sp³-hybridized carbons (Fsp3) is 0.136. The molecule has 0 aliphatic carbocycles. The molecule has 0 saturated heterocycles. The van der Waals surface area contributed by atoms with Crippen molar-refractivity contribution in [3.05, 3.63) is 88.1 Å². The monoisotopic (exact) mass is 407 g/mol. The highest BCUT2D eigenvalue weighted by atomic mass is 32.1. The lowest BCUT2D eigenvalue weighted by Crippen LogP contribution is -2.24. The third kappa shape index (κ3) is 6.29. The lowest BCUT2D eigenvalue weighted by atomic mass is 10.1. The zero-order valence-electron chi connectivity index (χ0n) is 15.5. The molecule has 0 aliphatic rings. The van der Waals surface area contributed by atoms with Gasteiger partial charge in [0.15, 0.2) is 0 Å². The maximum atomic E-state index is 12.4. The Morgan fingerprint density at radius 1 is 0.966 bits per heavy atom. The highest BCUT2D eigenvalue weighted by Crippen LogP contribution is 2.14. The summed E-state index contributed by atoms with van der Waals surface area (Å²) in [5.41, 5.74) is 4.38. The molecule has 2 aromatic carbocycles. The first-order valence-electron chi connectivity index (χ1n) is 8.99. The molecule has 1 amide bonds. The number of carboxylic acids is 1. The second-order valence-electron chi connectivity index (χ2n) is 6.15. The van der Waals surface area contributed by atoms with Gasteiger partial charge in [-0.05, 0) is 54.1 Å². The topological polar surface area (TPSA) is 90.8 Å². The van der Waals surface area contributed by atoms with Gasteiger partial charge in [-0.3, -0.25) is 4.79 Å². The van der Waals surface area contributed by atoms with Crippen LogP contribution in [0.5, 0.6) is 5.75 Å². The van der Waals surface area contributed by atoms with Crippen LogP contribution in [0.4, 0.5) is 0 Å². The number of ether oxygens (including phenoxy) is 1. The van der Waals surface area contributed by atoms with Gasteiger partial charge in [-0.1, -0.05) is 36.4 Å². The molecule has 0 spiro atoms. The summed E-state index contributed by atoms with van der Waals surface area (Å²) in [7, 11) is 0. The molecule has 0 radical (unpaired) electrons. The molecule has 1 N–H and O–H groups in total. The molecule has 3 rings (SSSR count). The first kappa shape index (κ1) is 20.3. The number of carbonyl (C=O) groups is 2. The van der Waals surface area contributed by atoms with E-state index in [4.69, 9.17) is 4.74 Å². The SMILES string of the molecule is O=C([O-])CC/C(=N/NC(=O)c1ccc(COc2ccccc2)cc1)c1cccs1. The van der Waals surface area contributed by atoms with Crippen molar-refractivity contribution in [2.75, 3.05) is 0 Å². The number of aliphatic carboxylic acids is 1. The molecule has 148 valence electrons. The van der Waals surface area contributed by atoms with E-state index in [0.29, 0.717) is 17.9 Å². The molecule has 0 fully saturated rings. The highest BCUT2D eigenvalue weighted by molar-refractivity contribution is 7.12. The number of carboxylic acid groups (broad SMARTS) is 1. The quantitative estimate of drug-likeness (QED) is 0.436. The average molecular weight is 407 g/mol. The van der Waals surface area contributed by atoms with Crippen molar-refractivity contribution in [3.63, 3.8) is 0 Å². The number of carbonyl (C=O) groups excluding carboxylic acids is 2. The van der Waals surface area contributed by atoms with Gasteiger partial charge in [-0.15, -0.1) is 11.3 Å². The number of amides is 1. The van der Waals surface area contributed by atoms with Crippen molar-refractivity contribution in [1.82, 2.24) is 5.43 Å². The van der Waals surface area contributed by atoms with E-state index in [1.165, 1.54) is 11.3 Å². The Bertz CT molecular complexity index is 968. The minimum atomic E-state index is -1.16. The predicted octanol–water partition coefficient (Wildman–Crippen LogP) is 2.99. The third-order valence-corrected chi connectivity index (χ3v) is 4.95. The maximum Gasteiger partial charge on any atom is 0.271 e. The zero-order chi connectivity index (χ0) is 20.5. The molecule has 1 aromatic heterocycles. The molecular weight excluding hydrogens is 388 g/mol. The molecule has 7 heteroatoms. The summed E-state index contributed by atoms with van der Waals surface area (Å²) < 4.78 is 5.68. The van der Waals surface area contributed by atoms with E-state index in [1.54, 1.807) is 12.1 Å². The standard InChI is InChI=1S/C22H20N2O4S/c25-21(26)13-12-19(20-7-4-14-29-20)23-24-22(27)17-10-8-16(9-11-17)15-28-18-5-2-1-3-6-18/h1-11,14H,12-13,15H2,(H,24,27)(H,25,26)/p-1/b23-19-. The van der Waals surface area contributed by atoms with E-state index in [-0.39, 0.29) is 18.7 Å². The normalized spacial score (nSPS) is 11.1. The van der Waals surface area contributed by atoms with Crippen molar-refractivity contribution >= 4 is 28.9 Å². The van der Waals surface area contributed by atoms with Crippen LogP contribution in [0.2, 0.25) is 0 Å². The summed E-state index contributed by atoms with van der Waals surface area (Å²) in [6.07, 6.45) is 0.0155. The van der Waals surface area contributed by atoms with Crippen molar-refractivity contribution < 1.29 is 19.4 Å². The lowest BCUT2D eigenvalue weighted by Gasteiger charge is -2.08. The number of benzene rings is 2. The van der Waals surface area contributed by atoms with Gasteiger partial charge in [0.05, 0.1) is 10.6 Å². The molecule has 0 unspecified atom stereocenters. The van der Waals surface area contributed by atoms with Crippen LogP contribution in [0.25, 0.3) is 0 Å². The molecule has 0 atom stereocenters. The van der Waals surface area contributed by atoms with E-state index in [9.17, 15) is 14.7 Å². The van der Waals surface area contributed by atoms with Crippen LogP contribution in [0, 0.1) is 0 Å². The van der Waals surface area contributed by atoms with Gasteiger partial charge in [-0.25, -0.2) is 5.43 Å². The molecule has 29 heavy (non-hydrogen) atoms. The van der Waals surface area contributed by atoms with Crippen LogP contribution < -0.4 is 15.3 Å². The molecule has 0 aliphatic heterocycles. The molecule has 6 nitrogen and oxygen atoms in total. The molecule has 1 heterocycles. The Morgan fingerprint density at radius 3 is 2.38 bits per heavy atom. The van der Waals surface area contributed by atoms with E-state index < -0.39 is 5.97 Å². The maximum absolute atomic E-state index is 12.4. The van der Waals surface area contributed by atoms with E-state index >= 15 is 0 Å². The summed E-state index contributed by atoms with van der Waals surface area (Å²) in [5.74, 6) is -0.752. The fourth-order valence-corrected chi connectivity index (χ4v) is 3.26. The van der Waals surface area contributed by atoms with Gasteiger partial charge < -0.3 is 14.6 Å². The first-order chi connectivity index (χ1) is 14.1. The number of rotatable bonds is 9. The van der Waals surface area contributed by atoms with Crippen molar-refractivity contribution in [1.29, 1.82) is 0 Å². The van der Waals surface area contributed by atoms with Gasteiger partial charge in [0.25, 0.3) is 5.91 Å². The van der Waals surface area contributed by atoms with Gasteiger partial charge in [0, 0.05) is 11.5 Å². The van der Waals surface area contributed by atoms with Crippen LogP contribution >= 0.6 is 11.3 Å². The van der Waals surface area contributed by atoms with Crippen molar-refractivity contribution in [2.24, 2.45) is 5.10 Å². The van der Waals surface area contributed by atoms with Gasteiger partial charge in [0.1, 0.15) is 12.4 Å². The summed E-state index contributed by atoms with van der Waals surface area (Å²) in [4.78, 5) is 23.9. The van der Waals surface area contributed by atoms with Gasteiger partial charge in [-0.2, -0.15) is 5.10 Å². The number of hydrogen-bond acceptors (Lipinski definition) is 6. The summed E-state index contributed by atoms with van der Waals surface area (Å²) >= 11 is 1.43. The second kappa shape index (κ2) is 10.2. The van der Waals surface area contributed by atoms with Crippen LogP contribution in [0.1, 0.15) is 33.6 Å². The predicted molar refractivity (Wildman–Crippen MR) is 110 cm³/mol. The third-order valence-electron chi connectivity index (χ3n) is 4.03. The smallest absolute Gasteiger partial charge is 0.271 e. The zero-order valence-corrected chi connectivity index (χ0v) is 16.4. The molecular formula is C22H19N2O4S-. The summed E-state index contributed by atoms with van der Waals surface area (Å²) in [6.45, 7) is 0.399.